The Hall–Kier alpha value is -3.06. The Morgan fingerprint density at radius 3 is 2.42 bits per heavy atom. The Balaban J connectivity index is 1.37. The predicted molar refractivity (Wildman–Crippen MR) is 122 cm³/mol. The van der Waals surface area contributed by atoms with Crippen LogP contribution in [0.25, 0.3) is 0 Å². The number of hydrogen-bond acceptors (Lipinski definition) is 5. The highest BCUT2D eigenvalue weighted by Gasteiger charge is 2.20. The number of carbonyl (C=O) groups is 2. The fourth-order valence-corrected chi connectivity index (χ4v) is 4.05. The van der Waals surface area contributed by atoms with E-state index >= 15 is 0 Å². The summed E-state index contributed by atoms with van der Waals surface area (Å²) in [6.45, 7) is 10.5. The molecule has 0 spiro atoms. The maximum absolute atomic E-state index is 12.7. The summed E-state index contributed by atoms with van der Waals surface area (Å²) in [5, 5.41) is 5.84. The summed E-state index contributed by atoms with van der Waals surface area (Å²) in [5.41, 5.74) is 3.32. The largest absolute Gasteiger partial charge is 0.482 e. The van der Waals surface area contributed by atoms with Gasteiger partial charge in [-0.3, -0.25) is 14.5 Å². The summed E-state index contributed by atoms with van der Waals surface area (Å²) < 4.78 is 5.39. The normalized spacial score (nSPS) is 17.5. The van der Waals surface area contributed by atoms with E-state index in [-0.39, 0.29) is 24.5 Å². The number of ether oxygens (including phenoxy) is 1. The van der Waals surface area contributed by atoms with Crippen molar-refractivity contribution in [3.8, 4) is 5.75 Å². The van der Waals surface area contributed by atoms with Crippen LogP contribution in [0.4, 0.5) is 11.4 Å². The lowest BCUT2D eigenvalue weighted by atomic mass is 10.1. The maximum atomic E-state index is 12.7. The van der Waals surface area contributed by atoms with Crippen LogP contribution >= 0.6 is 0 Å². The SMILES string of the molecule is CC(NC(=O)c1ccc(N2CCN(C(C)C)CC2)cc1)c1ccc2c(c1)NC(=O)CO2. The quantitative estimate of drug-likeness (QED) is 0.775. The number of nitrogens with zero attached hydrogens (tertiary/aromatic N) is 2. The minimum atomic E-state index is -0.208. The fraction of sp³-hybridized carbons (Fsp3) is 0.417. The molecule has 4 rings (SSSR count). The Morgan fingerprint density at radius 1 is 1.03 bits per heavy atom. The fourth-order valence-electron chi connectivity index (χ4n) is 4.05. The van der Waals surface area contributed by atoms with Crippen LogP contribution in [0.2, 0.25) is 0 Å². The molecule has 0 aliphatic carbocycles. The van der Waals surface area contributed by atoms with Gasteiger partial charge in [-0.1, -0.05) is 6.07 Å². The van der Waals surface area contributed by atoms with Crippen LogP contribution in [0.3, 0.4) is 0 Å². The highest BCUT2D eigenvalue weighted by Crippen LogP contribution is 2.30. The van der Waals surface area contributed by atoms with Gasteiger partial charge in [0.15, 0.2) is 6.61 Å². The van der Waals surface area contributed by atoms with Crippen LogP contribution < -0.4 is 20.3 Å². The minimum absolute atomic E-state index is 0.0298. The number of hydrogen-bond donors (Lipinski definition) is 2. The van der Waals surface area contributed by atoms with Gasteiger partial charge in [-0.05, 0) is 62.7 Å². The first-order valence-corrected chi connectivity index (χ1v) is 10.9. The highest BCUT2D eigenvalue weighted by molar-refractivity contribution is 5.96. The molecule has 1 fully saturated rings. The summed E-state index contributed by atoms with van der Waals surface area (Å²) >= 11 is 0. The van der Waals surface area contributed by atoms with Crippen molar-refractivity contribution in [1.29, 1.82) is 0 Å². The molecule has 2 N–H and O–H groups in total. The Kier molecular flexibility index (Phi) is 6.13. The summed E-state index contributed by atoms with van der Waals surface area (Å²) in [4.78, 5) is 29.1. The minimum Gasteiger partial charge on any atom is -0.482 e. The van der Waals surface area contributed by atoms with Gasteiger partial charge in [-0.25, -0.2) is 0 Å². The molecular weight excluding hydrogens is 392 g/mol. The average Bonchev–Trinajstić information content (AvgIpc) is 2.78. The maximum Gasteiger partial charge on any atom is 0.262 e. The lowest BCUT2D eigenvalue weighted by Crippen LogP contribution is -2.48. The average molecular weight is 423 g/mol. The molecule has 7 nitrogen and oxygen atoms in total. The number of anilines is 2. The van der Waals surface area contributed by atoms with Crippen LogP contribution in [-0.2, 0) is 4.79 Å². The first-order valence-electron chi connectivity index (χ1n) is 10.9. The van der Waals surface area contributed by atoms with Gasteiger partial charge in [0.05, 0.1) is 11.7 Å². The molecule has 31 heavy (non-hydrogen) atoms. The number of piperazine rings is 1. The lowest BCUT2D eigenvalue weighted by molar-refractivity contribution is -0.118. The molecule has 2 aromatic rings. The van der Waals surface area contributed by atoms with E-state index in [1.54, 1.807) is 0 Å². The van der Waals surface area contributed by atoms with Crippen molar-refractivity contribution < 1.29 is 14.3 Å². The van der Waals surface area contributed by atoms with Crippen molar-refractivity contribution in [2.24, 2.45) is 0 Å². The second-order valence-electron chi connectivity index (χ2n) is 8.45. The lowest BCUT2D eigenvalue weighted by Gasteiger charge is -2.38. The standard InChI is InChI=1S/C24H30N4O3/c1-16(2)27-10-12-28(13-11-27)20-7-4-18(5-8-20)24(30)25-17(3)19-6-9-22-21(14-19)26-23(29)15-31-22/h4-9,14,16-17H,10-13,15H2,1-3H3,(H,25,30)(H,26,29). The van der Waals surface area contributed by atoms with Gasteiger partial charge < -0.3 is 20.3 Å². The van der Waals surface area contributed by atoms with Crippen LogP contribution in [0, 0.1) is 0 Å². The number of amides is 2. The van der Waals surface area contributed by atoms with Crippen molar-refractivity contribution in [3.63, 3.8) is 0 Å². The molecule has 0 saturated carbocycles. The summed E-state index contributed by atoms with van der Waals surface area (Å²) in [5.74, 6) is 0.348. The Morgan fingerprint density at radius 2 is 1.74 bits per heavy atom. The van der Waals surface area contributed by atoms with Crippen LogP contribution in [0.5, 0.6) is 5.75 Å². The molecule has 0 radical (unpaired) electrons. The van der Waals surface area contributed by atoms with Crippen LogP contribution in [0.15, 0.2) is 42.5 Å². The van der Waals surface area contributed by atoms with Crippen LogP contribution in [-0.4, -0.2) is 55.5 Å². The molecule has 1 saturated heterocycles. The van der Waals surface area contributed by atoms with E-state index in [0.29, 0.717) is 23.0 Å². The smallest absolute Gasteiger partial charge is 0.262 e. The molecule has 1 unspecified atom stereocenters. The third-order valence-corrected chi connectivity index (χ3v) is 6.02. The predicted octanol–water partition coefficient (Wildman–Crippen LogP) is 3.04. The number of benzene rings is 2. The zero-order valence-corrected chi connectivity index (χ0v) is 18.4. The number of carbonyl (C=O) groups excluding carboxylic acids is 2. The molecule has 2 amide bonds. The highest BCUT2D eigenvalue weighted by atomic mass is 16.5. The van der Waals surface area contributed by atoms with E-state index in [0.717, 1.165) is 37.4 Å². The van der Waals surface area contributed by atoms with Crippen molar-refractivity contribution in [2.45, 2.75) is 32.9 Å². The first kappa shape index (κ1) is 21.2. The molecule has 164 valence electrons. The monoisotopic (exact) mass is 422 g/mol. The van der Waals surface area contributed by atoms with E-state index in [4.69, 9.17) is 4.74 Å². The molecule has 2 aliphatic rings. The molecule has 1 atom stereocenters. The van der Waals surface area contributed by atoms with Gasteiger partial charge in [0.2, 0.25) is 0 Å². The third-order valence-electron chi connectivity index (χ3n) is 6.02. The second-order valence-corrected chi connectivity index (χ2v) is 8.45. The molecule has 0 aromatic heterocycles. The van der Waals surface area contributed by atoms with Gasteiger partial charge >= 0.3 is 0 Å². The third kappa shape index (κ3) is 4.82. The second kappa shape index (κ2) is 8.98. The molecule has 7 heteroatoms. The van der Waals surface area contributed by atoms with E-state index in [1.807, 2.05) is 49.4 Å². The van der Waals surface area contributed by atoms with E-state index < -0.39 is 0 Å². The first-order chi connectivity index (χ1) is 14.9. The van der Waals surface area contributed by atoms with Gasteiger partial charge in [-0.15, -0.1) is 0 Å². The molecule has 2 heterocycles. The van der Waals surface area contributed by atoms with Gasteiger partial charge in [-0.2, -0.15) is 0 Å². The van der Waals surface area contributed by atoms with Crippen molar-refractivity contribution in [3.05, 3.63) is 53.6 Å². The van der Waals surface area contributed by atoms with Gasteiger partial charge in [0.1, 0.15) is 5.75 Å². The molecule has 0 bridgehead atoms. The van der Waals surface area contributed by atoms with Crippen molar-refractivity contribution in [2.75, 3.05) is 43.0 Å². The zero-order valence-electron chi connectivity index (χ0n) is 18.4. The van der Waals surface area contributed by atoms with E-state index in [9.17, 15) is 9.59 Å². The Labute approximate surface area is 183 Å². The number of rotatable bonds is 5. The molecule has 2 aromatic carbocycles. The van der Waals surface area contributed by atoms with Crippen molar-refractivity contribution in [1.82, 2.24) is 10.2 Å². The Bertz CT molecular complexity index is 950. The van der Waals surface area contributed by atoms with Crippen molar-refractivity contribution >= 4 is 23.2 Å². The number of nitrogens with one attached hydrogen (secondary N) is 2. The summed E-state index contributed by atoms with van der Waals surface area (Å²) in [6, 6.07) is 13.8. The zero-order chi connectivity index (χ0) is 22.0. The number of fused-ring (bicyclic) bond motifs is 1. The summed E-state index contributed by atoms with van der Waals surface area (Å²) in [7, 11) is 0. The van der Waals surface area contributed by atoms with Gasteiger partial charge in [0.25, 0.3) is 11.8 Å². The van der Waals surface area contributed by atoms with Gasteiger partial charge in [0, 0.05) is 43.5 Å². The summed E-state index contributed by atoms with van der Waals surface area (Å²) in [6.07, 6.45) is 0. The topological polar surface area (TPSA) is 73.9 Å². The molecular formula is C24H30N4O3. The molecule has 2 aliphatic heterocycles. The van der Waals surface area contributed by atoms with E-state index in [2.05, 4.69) is 34.3 Å². The van der Waals surface area contributed by atoms with Crippen LogP contribution in [0.1, 0.15) is 42.7 Å². The van der Waals surface area contributed by atoms with E-state index in [1.165, 1.54) is 0 Å².